The summed E-state index contributed by atoms with van der Waals surface area (Å²) in [4.78, 5) is 19.3. The molecule has 0 aliphatic carbocycles. The molecule has 27 heavy (non-hydrogen) atoms. The van der Waals surface area contributed by atoms with Crippen molar-refractivity contribution in [2.45, 2.75) is 32.7 Å². The molecule has 1 amide bonds. The molecule has 1 aromatic heterocycles. The molecule has 1 aliphatic rings. The van der Waals surface area contributed by atoms with Crippen LogP contribution in [0.15, 0.2) is 36.5 Å². The highest BCUT2D eigenvalue weighted by Gasteiger charge is 2.13. The molecule has 1 N–H and O–H groups in total. The molecule has 2 aromatic rings. The molecule has 0 bridgehead atoms. The number of hydrogen-bond donors (Lipinski definition) is 1. The fraction of sp³-hybridized carbons (Fsp3) is 0.429. The monoisotopic (exact) mass is 369 g/mol. The summed E-state index contributed by atoms with van der Waals surface area (Å²) in [5.74, 6) is 2.04. The second-order valence-corrected chi connectivity index (χ2v) is 6.55. The Morgan fingerprint density at radius 3 is 2.63 bits per heavy atom. The van der Waals surface area contributed by atoms with Crippen molar-refractivity contribution in [3.05, 3.63) is 47.7 Å². The van der Waals surface area contributed by atoms with Crippen LogP contribution in [-0.4, -0.2) is 37.7 Å². The fourth-order valence-electron chi connectivity index (χ4n) is 3.20. The number of nitrogens with one attached hydrogen (secondary N) is 1. The molecule has 0 atom stereocenters. The van der Waals surface area contributed by atoms with Gasteiger partial charge in [0.2, 0.25) is 0 Å². The molecule has 0 spiro atoms. The van der Waals surface area contributed by atoms with Crippen molar-refractivity contribution in [3.63, 3.8) is 0 Å². The molecular weight excluding hydrogens is 342 g/mol. The van der Waals surface area contributed by atoms with E-state index in [0.29, 0.717) is 30.2 Å². The lowest BCUT2D eigenvalue weighted by Crippen LogP contribution is -2.30. The predicted octanol–water partition coefficient (Wildman–Crippen LogP) is 3.41. The number of anilines is 1. The normalized spacial score (nSPS) is 13.9. The number of methoxy groups -OCH3 is 1. The van der Waals surface area contributed by atoms with E-state index in [-0.39, 0.29) is 5.91 Å². The third-order valence-corrected chi connectivity index (χ3v) is 4.67. The highest BCUT2D eigenvalue weighted by atomic mass is 16.5. The van der Waals surface area contributed by atoms with Gasteiger partial charge in [0, 0.05) is 31.4 Å². The zero-order chi connectivity index (χ0) is 19.1. The van der Waals surface area contributed by atoms with E-state index in [9.17, 15) is 4.79 Å². The SMILES string of the molecule is CCOc1ccc(C(=O)NCc2ccc(N3CCCCC3)nc2)cc1OC. The van der Waals surface area contributed by atoms with Crippen LogP contribution in [0, 0.1) is 0 Å². The Morgan fingerprint density at radius 2 is 1.96 bits per heavy atom. The highest BCUT2D eigenvalue weighted by Crippen LogP contribution is 2.28. The number of benzene rings is 1. The topological polar surface area (TPSA) is 63.7 Å². The van der Waals surface area contributed by atoms with Gasteiger partial charge in [-0.05, 0) is 56.0 Å². The van der Waals surface area contributed by atoms with Crippen LogP contribution in [0.3, 0.4) is 0 Å². The maximum absolute atomic E-state index is 12.4. The summed E-state index contributed by atoms with van der Waals surface area (Å²) in [5, 5.41) is 2.93. The first kappa shape index (κ1) is 19.0. The summed E-state index contributed by atoms with van der Waals surface area (Å²) >= 11 is 0. The maximum atomic E-state index is 12.4. The number of ether oxygens (including phenoxy) is 2. The summed E-state index contributed by atoms with van der Waals surface area (Å²) in [6, 6.07) is 9.24. The Bertz CT molecular complexity index is 756. The van der Waals surface area contributed by atoms with Gasteiger partial charge >= 0.3 is 0 Å². The fourth-order valence-corrected chi connectivity index (χ4v) is 3.20. The van der Waals surface area contributed by atoms with E-state index in [2.05, 4.69) is 15.2 Å². The van der Waals surface area contributed by atoms with E-state index >= 15 is 0 Å². The van der Waals surface area contributed by atoms with Crippen molar-refractivity contribution in [1.82, 2.24) is 10.3 Å². The van der Waals surface area contributed by atoms with Crippen LogP contribution in [-0.2, 0) is 6.54 Å². The van der Waals surface area contributed by atoms with Crippen molar-refractivity contribution in [2.24, 2.45) is 0 Å². The van der Waals surface area contributed by atoms with Gasteiger partial charge in [-0.2, -0.15) is 0 Å². The molecule has 0 saturated carbocycles. The maximum Gasteiger partial charge on any atom is 0.251 e. The Kier molecular flexibility index (Phi) is 6.52. The molecule has 6 heteroatoms. The van der Waals surface area contributed by atoms with Crippen LogP contribution in [0.4, 0.5) is 5.82 Å². The van der Waals surface area contributed by atoms with E-state index in [1.54, 1.807) is 25.3 Å². The van der Waals surface area contributed by atoms with Crippen LogP contribution >= 0.6 is 0 Å². The minimum Gasteiger partial charge on any atom is -0.493 e. The molecule has 6 nitrogen and oxygen atoms in total. The van der Waals surface area contributed by atoms with E-state index in [1.165, 1.54) is 19.3 Å². The minimum absolute atomic E-state index is 0.156. The van der Waals surface area contributed by atoms with Crippen LogP contribution in [0.2, 0.25) is 0 Å². The number of carbonyl (C=O) groups is 1. The summed E-state index contributed by atoms with van der Waals surface area (Å²) in [7, 11) is 1.56. The number of rotatable bonds is 7. The van der Waals surface area contributed by atoms with Crippen molar-refractivity contribution >= 4 is 11.7 Å². The molecule has 0 radical (unpaired) electrons. The standard InChI is InChI=1S/C21H27N3O3/c1-3-27-18-9-8-17(13-19(18)26-2)21(25)23-15-16-7-10-20(22-14-16)24-11-5-4-6-12-24/h7-10,13-14H,3-6,11-12,15H2,1-2H3,(H,23,25). The number of piperidine rings is 1. The summed E-state index contributed by atoms with van der Waals surface area (Å²) in [5.41, 5.74) is 1.51. The zero-order valence-electron chi connectivity index (χ0n) is 16.0. The van der Waals surface area contributed by atoms with E-state index in [4.69, 9.17) is 9.47 Å². The number of amides is 1. The summed E-state index contributed by atoms with van der Waals surface area (Å²) < 4.78 is 10.8. The Labute approximate surface area is 160 Å². The average molecular weight is 369 g/mol. The Balaban J connectivity index is 1.58. The van der Waals surface area contributed by atoms with Gasteiger partial charge in [-0.15, -0.1) is 0 Å². The second kappa shape index (κ2) is 9.26. The highest BCUT2D eigenvalue weighted by molar-refractivity contribution is 5.94. The van der Waals surface area contributed by atoms with Gasteiger partial charge < -0.3 is 19.7 Å². The quantitative estimate of drug-likeness (QED) is 0.810. The van der Waals surface area contributed by atoms with Gasteiger partial charge in [-0.25, -0.2) is 4.98 Å². The van der Waals surface area contributed by atoms with Gasteiger partial charge in [0.1, 0.15) is 5.82 Å². The van der Waals surface area contributed by atoms with Crippen LogP contribution in [0.5, 0.6) is 11.5 Å². The van der Waals surface area contributed by atoms with Crippen LogP contribution in [0.25, 0.3) is 0 Å². The third kappa shape index (κ3) is 4.90. The molecule has 1 aromatic carbocycles. The van der Waals surface area contributed by atoms with Crippen molar-refractivity contribution in [1.29, 1.82) is 0 Å². The van der Waals surface area contributed by atoms with Gasteiger partial charge in [0.05, 0.1) is 13.7 Å². The van der Waals surface area contributed by atoms with Gasteiger partial charge in [-0.3, -0.25) is 4.79 Å². The first-order chi connectivity index (χ1) is 13.2. The average Bonchev–Trinajstić information content (AvgIpc) is 2.73. The first-order valence-corrected chi connectivity index (χ1v) is 9.50. The molecule has 2 heterocycles. The smallest absolute Gasteiger partial charge is 0.251 e. The molecule has 1 aliphatic heterocycles. The number of aromatic nitrogens is 1. The lowest BCUT2D eigenvalue weighted by atomic mass is 10.1. The predicted molar refractivity (Wildman–Crippen MR) is 106 cm³/mol. The molecule has 1 fully saturated rings. The zero-order valence-corrected chi connectivity index (χ0v) is 16.0. The van der Waals surface area contributed by atoms with Gasteiger partial charge in [-0.1, -0.05) is 6.07 Å². The van der Waals surface area contributed by atoms with Crippen LogP contribution in [0.1, 0.15) is 42.1 Å². The van der Waals surface area contributed by atoms with Gasteiger partial charge in [0.25, 0.3) is 5.91 Å². The largest absolute Gasteiger partial charge is 0.493 e. The molecule has 3 rings (SSSR count). The lowest BCUT2D eigenvalue weighted by Gasteiger charge is -2.27. The number of pyridine rings is 1. The van der Waals surface area contributed by atoms with Crippen molar-refractivity contribution in [2.75, 3.05) is 31.7 Å². The Morgan fingerprint density at radius 1 is 1.15 bits per heavy atom. The van der Waals surface area contributed by atoms with Crippen molar-refractivity contribution in [3.8, 4) is 11.5 Å². The molecule has 1 saturated heterocycles. The number of hydrogen-bond acceptors (Lipinski definition) is 5. The molecular formula is C21H27N3O3. The van der Waals surface area contributed by atoms with Crippen LogP contribution < -0.4 is 19.7 Å². The first-order valence-electron chi connectivity index (χ1n) is 9.50. The van der Waals surface area contributed by atoms with Gasteiger partial charge in [0.15, 0.2) is 11.5 Å². The van der Waals surface area contributed by atoms with E-state index in [1.807, 2.05) is 25.3 Å². The third-order valence-electron chi connectivity index (χ3n) is 4.67. The van der Waals surface area contributed by atoms with Crippen molar-refractivity contribution < 1.29 is 14.3 Å². The van der Waals surface area contributed by atoms with E-state index in [0.717, 1.165) is 24.5 Å². The second-order valence-electron chi connectivity index (χ2n) is 6.55. The lowest BCUT2D eigenvalue weighted by molar-refractivity contribution is 0.0950. The summed E-state index contributed by atoms with van der Waals surface area (Å²) in [6.45, 7) is 5.03. The summed E-state index contributed by atoms with van der Waals surface area (Å²) in [6.07, 6.45) is 5.59. The molecule has 144 valence electrons. The number of nitrogens with zero attached hydrogens (tertiary/aromatic N) is 2. The molecule has 0 unspecified atom stereocenters. The van der Waals surface area contributed by atoms with E-state index < -0.39 is 0 Å². The Hall–Kier alpha value is -2.76. The number of carbonyl (C=O) groups excluding carboxylic acids is 1. The minimum atomic E-state index is -0.156.